The van der Waals surface area contributed by atoms with Crippen LogP contribution in [0.3, 0.4) is 0 Å². The molecule has 7 nitrogen and oxygen atoms in total. The summed E-state index contributed by atoms with van der Waals surface area (Å²) in [6.45, 7) is 0. The van der Waals surface area contributed by atoms with Crippen molar-refractivity contribution in [2.75, 3.05) is 0 Å². The van der Waals surface area contributed by atoms with Crippen LogP contribution in [0, 0.1) is 0 Å². The number of carboxylic acids is 1. The van der Waals surface area contributed by atoms with Crippen molar-refractivity contribution in [1.29, 1.82) is 0 Å². The van der Waals surface area contributed by atoms with Gasteiger partial charge < -0.3 is 10.2 Å². The normalized spacial score (nSPS) is 12.8. The van der Waals surface area contributed by atoms with Gasteiger partial charge in [0.25, 0.3) is 11.8 Å². The first-order valence-electron chi connectivity index (χ1n) is 10.9. The molecule has 35 heavy (non-hydrogen) atoms. The number of carbonyl (C=O) groups excluding carboxylic acids is 2. The van der Waals surface area contributed by atoms with Crippen LogP contribution in [0.5, 0.6) is 0 Å². The van der Waals surface area contributed by atoms with Crippen LogP contribution in [0.25, 0.3) is 22.3 Å². The lowest BCUT2D eigenvalue weighted by molar-refractivity contribution is -0.137. The molecule has 4 aromatic carbocycles. The minimum atomic E-state index is -1.99. The summed E-state index contributed by atoms with van der Waals surface area (Å²) < 4.78 is 0. The van der Waals surface area contributed by atoms with Gasteiger partial charge >= 0.3 is 5.97 Å². The molecule has 4 N–H and O–H groups in total. The Morgan fingerprint density at radius 3 is 1.54 bits per heavy atom. The third-order valence-electron chi connectivity index (χ3n) is 6.16. The van der Waals surface area contributed by atoms with Crippen LogP contribution >= 0.6 is 0 Å². The topological polar surface area (TPSA) is 116 Å². The first-order valence-corrected chi connectivity index (χ1v) is 10.9. The summed E-state index contributed by atoms with van der Waals surface area (Å²) in [7, 11) is 0. The van der Waals surface area contributed by atoms with Crippen LogP contribution in [-0.2, 0) is 10.4 Å². The van der Waals surface area contributed by atoms with Gasteiger partial charge in [-0.1, -0.05) is 84.9 Å². The predicted molar refractivity (Wildman–Crippen MR) is 129 cm³/mol. The highest BCUT2D eigenvalue weighted by Gasteiger charge is 2.47. The summed E-state index contributed by atoms with van der Waals surface area (Å²) in [5.74, 6) is -2.59. The summed E-state index contributed by atoms with van der Waals surface area (Å²) in [5.41, 5.74) is 6.04. The van der Waals surface area contributed by atoms with E-state index in [0.29, 0.717) is 22.3 Å². The summed E-state index contributed by atoms with van der Waals surface area (Å²) in [4.78, 5) is 38.0. The van der Waals surface area contributed by atoms with Gasteiger partial charge in [-0.25, -0.2) is 4.79 Å². The van der Waals surface area contributed by atoms with E-state index in [9.17, 15) is 24.6 Å². The molecule has 172 valence electrons. The number of hydrazine groups is 1. The second kappa shape index (κ2) is 8.55. The molecule has 0 aromatic heterocycles. The van der Waals surface area contributed by atoms with E-state index >= 15 is 0 Å². The number of carboxylic acid groups (broad SMARTS) is 1. The molecule has 7 heteroatoms. The van der Waals surface area contributed by atoms with Crippen molar-refractivity contribution < 1.29 is 24.6 Å². The number of benzene rings is 4. The third kappa shape index (κ3) is 3.55. The lowest BCUT2D eigenvalue weighted by atomic mass is 9.91. The van der Waals surface area contributed by atoms with Gasteiger partial charge in [-0.2, -0.15) is 0 Å². The summed E-state index contributed by atoms with van der Waals surface area (Å²) in [5, 5.41) is 21.1. The Bertz CT molecular complexity index is 1450. The van der Waals surface area contributed by atoms with Gasteiger partial charge in [-0.05, 0) is 34.4 Å². The zero-order valence-corrected chi connectivity index (χ0v) is 18.4. The fraction of sp³-hybridized carbons (Fsp3) is 0.0357. The molecule has 1 aliphatic rings. The lowest BCUT2D eigenvalue weighted by Crippen LogP contribution is -2.51. The maximum atomic E-state index is 13.3. The summed E-state index contributed by atoms with van der Waals surface area (Å²) in [6.07, 6.45) is 0. The van der Waals surface area contributed by atoms with Gasteiger partial charge in [0.2, 0.25) is 0 Å². The van der Waals surface area contributed by atoms with E-state index in [4.69, 9.17) is 0 Å². The van der Waals surface area contributed by atoms with Crippen molar-refractivity contribution in [3.05, 3.63) is 119 Å². The Morgan fingerprint density at radius 2 is 1.00 bits per heavy atom. The first kappa shape index (κ1) is 22.1. The van der Waals surface area contributed by atoms with Crippen molar-refractivity contribution in [2.45, 2.75) is 5.60 Å². The average molecular weight is 464 g/mol. The fourth-order valence-electron chi connectivity index (χ4n) is 4.55. The zero-order chi connectivity index (χ0) is 24.6. The predicted octanol–water partition coefficient (Wildman–Crippen LogP) is 3.73. The highest BCUT2D eigenvalue weighted by atomic mass is 16.4. The molecule has 0 spiro atoms. The molecule has 0 unspecified atom stereocenters. The van der Waals surface area contributed by atoms with Crippen molar-refractivity contribution in [3.63, 3.8) is 0 Å². The second-order valence-corrected chi connectivity index (χ2v) is 8.11. The third-order valence-corrected chi connectivity index (χ3v) is 6.16. The van der Waals surface area contributed by atoms with Gasteiger partial charge in [0.15, 0.2) is 5.60 Å². The van der Waals surface area contributed by atoms with Crippen LogP contribution in [-0.4, -0.2) is 28.0 Å². The number of fused-ring (bicyclic) bond motifs is 3. The average Bonchev–Trinajstić information content (AvgIpc) is 3.17. The molecule has 4 aromatic rings. The number of amides is 2. The van der Waals surface area contributed by atoms with Gasteiger partial charge in [0, 0.05) is 16.7 Å². The Labute approximate surface area is 200 Å². The molecule has 0 saturated carbocycles. The van der Waals surface area contributed by atoms with E-state index in [1.165, 1.54) is 12.1 Å². The van der Waals surface area contributed by atoms with Gasteiger partial charge in [-0.15, -0.1) is 0 Å². The van der Waals surface area contributed by atoms with Crippen LogP contribution in [0.4, 0.5) is 0 Å². The van der Waals surface area contributed by atoms with Crippen LogP contribution < -0.4 is 10.9 Å². The maximum absolute atomic E-state index is 13.3. The molecule has 0 heterocycles. The van der Waals surface area contributed by atoms with Gasteiger partial charge in [-0.3, -0.25) is 20.4 Å². The number of rotatable bonds is 4. The first-order chi connectivity index (χ1) is 16.9. The quantitative estimate of drug-likeness (QED) is 0.344. The maximum Gasteiger partial charge on any atom is 0.336 e. The number of nitrogens with one attached hydrogen (secondary N) is 2. The number of hydrogen-bond donors (Lipinski definition) is 4. The SMILES string of the molecule is O=C(O)c1ccccc1-c1ccccc1C(=O)NNC(=O)C1(O)c2ccccc2-c2ccccc21. The number of hydrogen-bond acceptors (Lipinski definition) is 4. The van der Waals surface area contributed by atoms with Crippen molar-refractivity contribution in [3.8, 4) is 22.3 Å². The van der Waals surface area contributed by atoms with Crippen LogP contribution in [0.1, 0.15) is 31.8 Å². The van der Waals surface area contributed by atoms with Crippen molar-refractivity contribution in [2.24, 2.45) is 0 Å². The molecule has 2 amide bonds. The van der Waals surface area contributed by atoms with E-state index in [2.05, 4.69) is 10.9 Å². The standard InChI is InChI=1S/C28H20N2O5/c31-25(21-13-3-1-9-17(21)18-10-2-4-14-22(18)26(32)33)29-30-27(34)28(35)23-15-7-5-11-19(23)20-12-6-8-16-24(20)28/h1-16,35H,(H,29,31)(H,30,34)(H,32,33). The van der Waals surface area contributed by atoms with E-state index in [0.717, 1.165) is 11.1 Å². The Balaban J connectivity index is 1.44. The highest BCUT2D eigenvalue weighted by Crippen LogP contribution is 2.47. The molecule has 0 aliphatic heterocycles. The van der Waals surface area contributed by atoms with Crippen LogP contribution in [0.2, 0.25) is 0 Å². The minimum Gasteiger partial charge on any atom is -0.478 e. The van der Waals surface area contributed by atoms with Gasteiger partial charge in [0.05, 0.1) is 5.56 Å². The van der Waals surface area contributed by atoms with E-state index in [1.54, 1.807) is 60.7 Å². The Morgan fingerprint density at radius 1 is 0.571 bits per heavy atom. The minimum absolute atomic E-state index is 0.0465. The van der Waals surface area contributed by atoms with Crippen LogP contribution in [0.15, 0.2) is 97.1 Å². The summed E-state index contributed by atoms with van der Waals surface area (Å²) in [6, 6.07) is 27.0. The molecule has 5 rings (SSSR count). The van der Waals surface area contributed by atoms with Crippen molar-refractivity contribution in [1.82, 2.24) is 10.9 Å². The molecule has 0 atom stereocenters. The number of aliphatic hydroxyl groups is 1. The Kier molecular flexibility index (Phi) is 5.39. The van der Waals surface area contributed by atoms with E-state index < -0.39 is 23.4 Å². The van der Waals surface area contributed by atoms with E-state index in [-0.39, 0.29) is 11.1 Å². The number of carbonyl (C=O) groups is 3. The molecular formula is C28H20N2O5. The molecule has 1 aliphatic carbocycles. The zero-order valence-electron chi connectivity index (χ0n) is 18.4. The second-order valence-electron chi connectivity index (χ2n) is 8.11. The fourth-order valence-corrected chi connectivity index (χ4v) is 4.55. The smallest absolute Gasteiger partial charge is 0.336 e. The molecular weight excluding hydrogens is 444 g/mol. The highest BCUT2D eigenvalue weighted by molar-refractivity contribution is 6.06. The monoisotopic (exact) mass is 464 g/mol. The largest absolute Gasteiger partial charge is 0.478 e. The summed E-state index contributed by atoms with van der Waals surface area (Å²) >= 11 is 0. The Hall–Kier alpha value is -4.75. The lowest BCUT2D eigenvalue weighted by Gasteiger charge is -2.24. The van der Waals surface area contributed by atoms with Crippen molar-refractivity contribution >= 4 is 17.8 Å². The van der Waals surface area contributed by atoms with Gasteiger partial charge in [0.1, 0.15) is 0 Å². The molecule has 0 saturated heterocycles. The number of aromatic carboxylic acids is 1. The molecule has 0 fully saturated rings. The van der Waals surface area contributed by atoms with E-state index in [1.807, 2.05) is 24.3 Å². The molecule has 0 radical (unpaired) electrons. The molecule has 0 bridgehead atoms.